The van der Waals surface area contributed by atoms with Crippen molar-refractivity contribution >= 4 is 0 Å². The number of pyridine rings is 1. The van der Waals surface area contributed by atoms with Crippen molar-refractivity contribution in [3.05, 3.63) is 48.2 Å². The van der Waals surface area contributed by atoms with E-state index in [-0.39, 0.29) is 6.04 Å². The molecular weight excluding hydrogens is 204 g/mol. The second-order valence-corrected chi connectivity index (χ2v) is 3.56. The summed E-state index contributed by atoms with van der Waals surface area (Å²) in [4.78, 5) is 4.00. The van der Waals surface area contributed by atoms with Crippen LogP contribution in [0.1, 0.15) is 17.2 Å². The Kier molecular flexibility index (Phi) is 3.22. The van der Waals surface area contributed by atoms with Crippen LogP contribution in [0.15, 0.2) is 41.5 Å². The van der Waals surface area contributed by atoms with Crippen molar-refractivity contribution < 1.29 is 9.15 Å². The van der Waals surface area contributed by atoms with Gasteiger partial charge in [0, 0.05) is 17.8 Å². The first kappa shape index (κ1) is 10.7. The van der Waals surface area contributed by atoms with E-state index >= 15 is 0 Å². The lowest BCUT2D eigenvalue weighted by atomic mass is 10.0. The molecule has 0 aromatic carbocycles. The van der Waals surface area contributed by atoms with Crippen LogP contribution in [0.3, 0.4) is 0 Å². The molecule has 0 bridgehead atoms. The van der Waals surface area contributed by atoms with Gasteiger partial charge >= 0.3 is 0 Å². The fourth-order valence-electron chi connectivity index (χ4n) is 1.64. The molecule has 1 atom stereocenters. The highest BCUT2D eigenvalue weighted by molar-refractivity contribution is 5.33. The fourth-order valence-corrected chi connectivity index (χ4v) is 1.64. The van der Waals surface area contributed by atoms with Crippen molar-refractivity contribution in [1.29, 1.82) is 0 Å². The number of hydrogen-bond acceptors (Lipinski definition) is 4. The topological polar surface area (TPSA) is 61.3 Å². The summed E-state index contributed by atoms with van der Waals surface area (Å²) in [6.07, 6.45) is 7.45. The number of methoxy groups -OCH3 is 1. The zero-order valence-corrected chi connectivity index (χ0v) is 9.09. The molecule has 2 aromatic heterocycles. The number of nitrogens with two attached hydrogens (primary N) is 1. The van der Waals surface area contributed by atoms with Crippen LogP contribution in [0.5, 0.6) is 5.75 Å². The molecule has 0 amide bonds. The molecule has 0 aliphatic carbocycles. The first-order valence-corrected chi connectivity index (χ1v) is 5.06. The molecule has 0 radical (unpaired) electrons. The van der Waals surface area contributed by atoms with Gasteiger partial charge in [-0.1, -0.05) is 0 Å². The minimum atomic E-state index is -0.115. The van der Waals surface area contributed by atoms with Gasteiger partial charge in [-0.15, -0.1) is 0 Å². The van der Waals surface area contributed by atoms with E-state index in [1.54, 1.807) is 32.0 Å². The van der Waals surface area contributed by atoms with E-state index < -0.39 is 0 Å². The molecule has 1 unspecified atom stereocenters. The molecule has 0 saturated heterocycles. The van der Waals surface area contributed by atoms with Crippen LogP contribution in [0.25, 0.3) is 0 Å². The molecule has 4 heteroatoms. The molecule has 2 N–H and O–H groups in total. The molecule has 4 nitrogen and oxygen atoms in total. The molecule has 0 spiro atoms. The minimum absolute atomic E-state index is 0.115. The van der Waals surface area contributed by atoms with Gasteiger partial charge < -0.3 is 14.9 Å². The third-order valence-corrected chi connectivity index (χ3v) is 2.47. The summed E-state index contributed by atoms with van der Waals surface area (Å²) in [6, 6.07) is 3.67. The standard InChI is InChI=1S/C12H14N2O2/c1-15-12-7-14-4-2-10(12)11(13)6-9-3-5-16-8-9/h2-5,7-8,11H,6,13H2,1H3. The first-order valence-electron chi connectivity index (χ1n) is 5.06. The summed E-state index contributed by atoms with van der Waals surface area (Å²) in [5, 5.41) is 0. The number of nitrogens with zero attached hydrogens (tertiary/aromatic N) is 1. The Morgan fingerprint density at radius 3 is 3.06 bits per heavy atom. The van der Waals surface area contributed by atoms with Gasteiger partial charge in [0.1, 0.15) is 5.75 Å². The number of furan rings is 1. The van der Waals surface area contributed by atoms with Crippen molar-refractivity contribution in [2.45, 2.75) is 12.5 Å². The summed E-state index contributed by atoms with van der Waals surface area (Å²) < 4.78 is 10.2. The number of ether oxygens (including phenoxy) is 1. The quantitative estimate of drug-likeness (QED) is 0.851. The Morgan fingerprint density at radius 1 is 1.50 bits per heavy atom. The average molecular weight is 218 g/mol. The third kappa shape index (κ3) is 2.23. The molecule has 2 heterocycles. The molecular formula is C12H14N2O2. The Hall–Kier alpha value is -1.81. The second-order valence-electron chi connectivity index (χ2n) is 3.56. The number of aromatic nitrogens is 1. The maximum atomic E-state index is 6.11. The molecule has 2 rings (SSSR count). The zero-order valence-electron chi connectivity index (χ0n) is 9.09. The zero-order chi connectivity index (χ0) is 11.4. The van der Waals surface area contributed by atoms with E-state index in [2.05, 4.69) is 4.98 Å². The molecule has 2 aromatic rings. The van der Waals surface area contributed by atoms with E-state index in [0.29, 0.717) is 0 Å². The van der Waals surface area contributed by atoms with Crippen LogP contribution in [-0.4, -0.2) is 12.1 Å². The van der Waals surface area contributed by atoms with Gasteiger partial charge in [-0.3, -0.25) is 4.98 Å². The Morgan fingerprint density at radius 2 is 2.38 bits per heavy atom. The lowest BCUT2D eigenvalue weighted by Gasteiger charge is -2.14. The van der Waals surface area contributed by atoms with Gasteiger partial charge in [0.15, 0.2) is 0 Å². The largest absolute Gasteiger partial charge is 0.495 e. The van der Waals surface area contributed by atoms with Crippen molar-refractivity contribution in [1.82, 2.24) is 4.98 Å². The predicted molar refractivity (Wildman–Crippen MR) is 60.1 cm³/mol. The average Bonchev–Trinajstić information content (AvgIpc) is 2.81. The normalized spacial score (nSPS) is 12.4. The van der Waals surface area contributed by atoms with Gasteiger partial charge in [-0.05, 0) is 24.1 Å². The maximum Gasteiger partial charge on any atom is 0.141 e. The Labute approximate surface area is 94.1 Å². The summed E-state index contributed by atoms with van der Waals surface area (Å²) in [7, 11) is 1.62. The third-order valence-electron chi connectivity index (χ3n) is 2.47. The van der Waals surface area contributed by atoms with Gasteiger partial charge in [0.05, 0.1) is 25.8 Å². The van der Waals surface area contributed by atoms with Crippen LogP contribution < -0.4 is 10.5 Å². The lowest BCUT2D eigenvalue weighted by Crippen LogP contribution is -2.14. The smallest absolute Gasteiger partial charge is 0.141 e. The van der Waals surface area contributed by atoms with E-state index in [0.717, 1.165) is 23.3 Å². The van der Waals surface area contributed by atoms with Crippen LogP contribution in [0.4, 0.5) is 0 Å². The van der Waals surface area contributed by atoms with E-state index in [1.807, 2.05) is 12.1 Å². The van der Waals surface area contributed by atoms with Crippen molar-refractivity contribution in [3.63, 3.8) is 0 Å². The summed E-state index contributed by atoms with van der Waals surface area (Å²) in [5.41, 5.74) is 8.15. The molecule has 0 saturated carbocycles. The predicted octanol–water partition coefficient (Wildman–Crippen LogP) is 1.93. The maximum absolute atomic E-state index is 6.11. The summed E-state index contributed by atoms with van der Waals surface area (Å²) >= 11 is 0. The van der Waals surface area contributed by atoms with E-state index in [4.69, 9.17) is 14.9 Å². The molecule has 0 aliphatic rings. The van der Waals surface area contributed by atoms with Crippen LogP contribution in [0.2, 0.25) is 0 Å². The number of hydrogen-bond donors (Lipinski definition) is 1. The van der Waals surface area contributed by atoms with E-state index in [9.17, 15) is 0 Å². The summed E-state index contributed by atoms with van der Waals surface area (Å²) in [5.74, 6) is 0.721. The number of rotatable bonds is 4. The monoisotopic (exact) mass is 218 g/mol. The van der Waals surface area contributed by atoms with Crippen molar-refractivity contribution in [3.8, 4) is 5.75 Å². The van der Waals surface area contributed by atoms with Crippen LogP contribution in [0, 0.1) is 0 Å². The molecule has 84 valence electrons. The van der Waals surface area contributed by atoms with Gasteiger partial charge in [0.2, 0.25) is 0 Å². The molecule has 0 aliphatic heterocycles. The minimum Gasteiger partial charge on any atom is -0.495 e. The highest BCUT2D eigenvalue weighted by Crippen LogP contribution is 2.24. The van der Waals surface area contributed by atoms with E-state index in [1.165, 1.54) is 0 Å². The SMILES string of the molecule is COc1cnccc1C(N)Cc1ccoc1. The fraction of sp³-hybridized carbons (Fsp3) is 0.250. The Bertz CT molecular complexity index is 440. The van der Waals surface area contributed by atoms with Crippen molar-refractivity contribution in [2.75, 3.05) is 7.11 Å². The molecule has 16 heavy (non-hydrogen) atoms. The Balaban J connectivity index is 2.17. The van der Waals surface area contributed by atoms with Gasteiger partial charge in [-0.25, -0.2) is 0 Å². The summed E-state index contributed by atoms with van der Waals surface area (Å²) in [6.45, 7) is 0. The first-order chi connectivity index (χ1) is 7.81. The van der Waals surface area contributed by atoms with Gasteiger partial charge in [0.25, 0.3) is 0 Å². The molecule has 0 fully saturated rings. The highest BCUT2D eigenvalue weighted by Gasteiger charge is 2.12. The van der Waals surface area contributed by atoms with Crippen LogP contribution >= 0.6 is 0 Å². The second kappa shape index (κ2) is 4.81. The van der Waals surface area contributed by atoms with Crippen LogP contribution in [-0.2, 0) is 6.42 Å². The highest BCUT2D eigenvalue weighted by atomic mass is 16.5. The van der Waals surface area contributed by atoms with Gasteiger partial charge in [-0.2, -0.15) is 0 Å². The van der Waals surface area contributed by atoms with Crippen molar-refractivity contribution in [2.24, 2.45) is 5.73 Å². The lowest BCUT2D eigenvalue weighted by molar-refractivity contribution is 0.403.